The van der Waals surface area contributed by atoms with Gasteiger partial charge in [0.1, 0.15) is 10.6 Å². The van der Waals surface area contributed by atoms with E-state index in [-0.39, 0.29) is 4.90 Å². The Morgan fingerprint density at radius 3 is 2.60 bits per heavy atom. The SMILES string of the molecule is CCNCc1ccc(OC)c(S(=O)(=O)N2CCCC2)c1. The molecule has 0 amide bonds. The van der Waals surface area contributed by atoms with Gasteiger partial charge in [-0.05, 0) is 37.1 Å². The second-order valence-electron chi connectivity index (χ2n) is 4.88. The smallest absolute Gasteiger partial charge is 0.246 e. The molecule has 1 heterocycles. The number of sulfonamides is 1. The van der Waals surface area contributed by atoms with Crippen LogP contribution in [0, 0.1) is 0 Å². The lowest BCUT2D eigenvalue weighted by Crippen LogP contribution is -2.28. The highest BCUT2D eigenvalue weighted by Crippen LogP contribution is 2.29. The zero-order valence-corrected chi connectivity index (χ0v) is 12.9. The third-order valence-corrected chi connectivity index (χ3v) is 5.41. The Balaban J connectivity index is 2.36. The largest absolute Gasteiger partial charge is 0.495 e. The van der Waals surface area contributed by atoms with E-state index in [9.17, 15) is 8.42 Å². The summed E-state index contributed by atoms with van der Waals surface area (Å²) in [7, 11) is -1.95. The van der Waals surface area contributed by atoms with Crippen molar-refractivity contribution in [2.45, 2.75) is 31.2 Å². The monoisotopic (exact) mass is 298 g/mol. The van der Waals surface area contributed by atoms with Crippen molar-refractivity contribution in [2.24, 2.45) is 0 Å². The van der Waals surface area contributed by atoms with E-state index in [2.05, 4.69) is 5.32 Å². The fourth-order valence-corrected chi connectivity index (χ4v) is 4.09. The molecule has 0 atom stereocenters. The highest BCUT2D eigenvalue weighted by molar-refractivity contribution is 7.89. The van der Waals surface area contributed by atoms with Crippen LogP contribution >= 0.6 is 0 Å². The number of nitrogens with zero attached hydrogens (tertiary/aromatic N) is 1. The van der Waals surface area contributed by atoms with Gasteiger partial charge >= 0.3 is 0 Å². The van der Waals surface area contributed by atoms with Crippen molar-refractivity contribution in [1.29, 1.82) is 0 Å². The maximum atomic E-state index is 12.7. The molecule has 1 saturated heterocycles. The van der Waals surface area contributed by atoms with Crippen LogP contribution in [0.3, 0.4) is 0 Å². The minimum absolute atomic E-state index is 0.275. The molecule has 1 fully saturated rings. The van der Waals surface area contributed by atoms with E-state index in [4.69, 9.17) is 4.74 Å². The van der Waals surface area contributed by atoms with Gasteiger partial charge in [-0.3, -0.25) is 0 Å². The van der Waals surface area contributed by atoms with E-state index in [0.29, 0.717) is 25.4 Å². The van der Waals surface area contributed by atoms with Crippen LogP contribution in [0.25, 0.3) is 0 Å². The van der Waals surface area contributed by atoms with Gasteiger partial charge in [-0.25, -0.2) is 8.42 Å². The van der Waals surface area contributed by atoms with E-state index in [0.717, 1.165) is 24.9 Å². The van der Waals surface area contributed by atoms with Crippen LogP contribution in [-0.4, -0.2) is 39.5 Å². The molecule has 1 aromatic carbocycles. The molecule has 0 aliphatic carbocycles. The molecule has 2 rings (SSSR count). The summed E-state index contributed by atoms with van der Waals surface area (Å²) in [5, 5.41) is 3.20. The first-order chi connectivity index (χ1) is 9.59. The molecule has 0 bridgehead atoms. The van der Waals surface area contributed by atoms with Crippen molar-refractivity contribution in [3.8, 4) is 5.75 Å². The summed E-state index contributed by atoms with van der Waals surface area (Å²) >= 11 is 0. The minimum atomic E-state index is -3.45. The van der Waals surface area contributed by atoms with E-state index in [1.807, 2.05) is 13.0 Å². The Morgan fingerprint density at radius 2 is 2.00 bits per heavy atom. The van der Waals surface area contributed by atoms with Crippen molar-refractivity contribution in [3.63, 3.8) is 0 Å². The third kappa shape index (κ3) is 3.13. The molecule has 1 aromatic rings. The third-order valence-electron chi connectivity index (χ3n) is 3.49. The number of ether oxygens (including phenoxy) is 1. The van der Waals surface area contributed by atoms with Crippen molar-refractivity contribution < 1.29 is 13.2 Å². The number of rotatable bonds is 6. The lowest BCUT2D eigenvalue weighted by Gasteiger charge is -2.18. The van der Waals surface area contributed by atoms with E-state index >= 15 is 0 Å². The second kappa shape index (κ2) is 6.56. The van der Waals surface area contributed by atoms with Crippen LogP contribution in [0.15, 0.2) is 23.1 Å². The van der Waals surface area contributed by atoms with Crippen LogP contribution in [0.2, 0.25) is 0 Å². The van der Waals surface area contributed by atoms with Gasteiger partial charge in [-0.2, -0.15) is 4.31 Å². The van der Waals surface area contributed by atoms with Gasteiger partial charge in [0.15, 0.2) is 0 Å². The standard InChI is InChI=1S/C14H22N2O3S/c1-3-15-11-12-6-7-13(19-2)14(10-12)20(17,18)16-8-4-5-9-16/h6-7,10,15H,3-5,8-9,11H2,1-2H3. The van der Waals surface area contributed by atoms with Crippen LogP contribution in [-0.2, 0) is 16.6 Å². The van der Waals surface area contributed by atoms with Crippen LogP contribution in [0.4, 0.5) is 0 Å². The summed E-state index contributed by atoms with van der Waals surface area (Å²) in [5.74, 6) is 0.414. The van der Waals surface area contributed by atoms with Crippen molar-refractivity contribution in [2.75, 3.05) is 26.7 Å². The Bertz CT molecular complexity index is 552. The number of hydrogen-bond acceptors (Lipinski definition) is 4. The fraction of sp³-hybridized carbons (Fsp3) is 0.571. The zero-order valence-electron chi connectivity index (χ0n) is 12.1. The first-order valence-electron chi connectivity index (χ1n) is 6.97. The van der Waals surface area contributed by atoms with E-state index in [1.54, 1.807) is 16.4 Å². The van der Waals surface area contributed by atoms with Gasteiger partial charge < -0.3 is 10.1 Å². The Morgan fingerprint density at radius 1 is 1.30 bits per heavy atom. The summed E-state index contributed by atoms with van der Waals surface area (Å²) in [5.41, 5.74) is 0.949. The molecule has 6 heteroatoms. The minimum Gasteiger partial charge on any atom is -0.495 e. The normalized spacial score (nSPS) is 16.5. The molecule has 112 valence electrons. The summed E-state index contributed by atoms with van der Waals surface area (Å²) in [4.78, 5) is 0.275. The quantitative estimate of drug-likeness (QED) is 0.866. The van der Waals surface area contributed by atoms with Gasteiger partial charge in [0.2, 0.25) is 10.0 Å². The lowest BCUT2D eigenvalue weighted by atomic mass is 10.2. The Labute approximate surface area is 121 Å². The van der Waals surface area contributed by atoms with Crippen molar-refractivity contribution in [3.05, 3.63) is 23.8 Å². The first kappa shape index (κ1) is 15.3. The van der Waals surface area contributed by atoms with Gasteiger partial charge in [0.05, 0.1) is 7.11 Å². The van der Waals surface area contributed by atoms with Gasteiger partial charge in [-0.1, -0.05) is 13.0 Å². The number of nitrogens with one attached hydrogen (secondary N) is 1. The summed E-state index contributed by atoms with van der Waals surface area (Å²) < 4.78 is 32.1. The molecule has 0 spiro atoms. The Hall–Kier alpha value is -1.11. The van der Waals surface area contributed by atoms with Crippen LogP contribution in [0.1, 0.15) is 25.3 Å². The molecular formula is C14H22N2O3S. The number of hydrogen-bond donors (Lipinski definition) is 1. The van der Waals surface area contributed by atoms with Crippen LogP contribution in [0.5, 0.6) is 5.75 Å². The average molecular weight is 298 g/mol. The average Bonchev–Trinajstić information content (AvgIpc) is 2.99. The molecular weight excluding hydrogens is 276 g/mol. The second-order valence-corrected chi connectivity index (χ2v) is 6.78. The highest BCUT2D eigenvalue weighted by atomic mass is 32.2. The molecule has 5 nitrogen and oxygen atoms in total. The number of benzene rings is 1. The molecule has 1 aliphatic rings. The molecule has 0 unspecified atom stereocenters. The van der Waals surface area contributed by atoms with Crippen molar-refractivity contribution in [1.82, 2.24) is 9.62 Å². The lowest BCUT2D eigenvalue weighted by molar-refractivity contribution is 0.398. The molecule has 0 aromatic heterocycles. The van der Waals surface area contributed by atoms with Gasteiger partial charge in [0.25, 0.3) is 0 Å². The van der Waals surface area contributed by atoms with E-state index < -0.39 is 10.0 Å². The molecule has 1 N–H and O–H groups in total. The highest BCUT2D eigenvalue weighted by Gasteiger charge is 2.30. The molecule has 0 radical (unpaired) electrons. The fourth-order valence-electron chi connectivity index (χ4n) is 2.37. The topological polar surface area (TPSA) is 58.6 Å². The summed E-state index contributed by atoms with van der Waals surface area (Å²) in [6, 6.07) is 5.34. The number of methoxy groups -OCH3 is 1. The maximum absolute atomic E-state index is 12.7. The molecule has 1 aliphatic heterocycles. The first-order valence-corrected chi connectivity index (χ1v) is 8.41. The maximum Gasteiger partial charge on any atom is 0.246 e. The van der Waals surface area contributed by atoms with Crippen molar-refractivity contribution >= 4 is 10.0 Å². The molecule has 0 saturated carbocycles. The predicted molar refractivity (Wildman–Crippen MR) is 78.4 cm³/mol. The van der Waals surface area contributed by atoms with Gasteiger partial charge in [-0.15, -0.1) is 0 Å². The van der Waals surface area contributed by atoms with E-state index in [1.165, 1.54) is 7.11 Å². The van der Waals surface area contributed by atoms with Crippen LogP contribution < -0.4 is 10.1 Å². The zero-order chi connectivity index (χ0) is 14.6. The predicted octanol–water partition coefficient (Wildman–Crippen LogP) is 1.59. The van der Waals surface area contributed by atoms with Gasteiger partial charge in [0, 0.05) is 19.6 Å². The molecule has 20 heavy (non-hydrogen) atoms. The summed E-state index contributed by atoms with van der Waals surface area (Å²) in [6.07, 6.45) is 1.86. The summed E-state index contributed by atoms with van der Waals surface area (Å²) in [6.45, 7) is 4.72. The Kier molecular flexibility index (Phi) is 5.01.